The van der Waals surface area contributed by atoms with Crippen molar-refractivity contribution in [1.29, 1.82) is 0 Å². The van der Waals surface area contributed by atoms with Gasteiger partial charge in [-0.2, -0.15) is 18.3 Å². The molecule has 0 radical (unpaired) electrons. The summed E-state index contributed by atoms with van der Waals surface area (Å²) in [6.45, 7) is 17.2. The van der Waals surface area contributed by atoms with Gasteiger partial charge in [-0.1, -0.05) is 180 Å². The van der Waals surface area contributed by atoms with Crippen LogP contribution in [-0.2, 0) is 108 Å². The van der Waals surface area contributed by atoms with E-state index in [0.29, 0.717) is 112 Å². The second kappa shape index (κ2) is 58.4. The fourth-order valence-electron chi connectivity index (χ4n) is 17.1. The van der Waals surface area contributed by atoms with Crippen molar-refractivity contribution in [3.8, 4) is 0 Å². The quantitative estimate of drug-likeness (QED) is 0.0158. The molecule has 0 fully saturated rings. The molecule has 0 unspecified atom stereocenters. The van der Waals surface area contributed by atoms with Crippen LogP contribution in [0.25, 0.3) is 0 Å². The second-order valence-electron chi connectivity index (χ2n) is 36.9. The molecule has 0 bridgehead atoms. The van der Waals surface area contributed by atoms with Crippen molar-refractivity contribution in [3.63, 3.8) is 0 Å². The third kappa shape index (κ3) is 38.7. The number of pyridine rings is 1. The monoisotopic (exact) mass is 2100 g/mol. The molecule has 2 heterocycles. The number of amides is 6. The van der Waals surface area contributed by atoms with Crippen molar-refractivity contribution in [2.75, 3.05) is 36.9 Å². The summed E-state index contributed by atoms with van der Waals surface area (Å²) in [5.41, 5.74) is 22.5. The molecule has 9 rings (SSSR count). The van der Waals surface area contributed by atoms with Crippen LogP contribution in [0.2, 0.25) is 0 Å². The van der Waals surface area contributed by atoms with Crippen LogP contribution in [0.15, 0.2) is 176 Å². The van der Waals surface area contributed by atoms with E-state index in [0.717, 1.165) is 88.2 Å². The lowest BCUT2D eigenvalue weighted by atomic mass is 10.0. The molecule has 40 heteroatoms. The predicted octanol–water partition coefficient (Wildman–Crippen LogP) is 14.5. The number of carbonyl (C=O) groups excluding carboxylic acids is 6. The summed E-state index contributed by atoms with van der Waals surface area (Å²) < 4.78 is 220. The van der Waals surface area contributed by atoms with Gasteiger partial charge in [-0.05, 0) is 200 Å². The summed E-state index contributed by atoms with van der Waals surface area (Å²) in [6, 6.07) is 28.7. The smallest absolute Gasteiger partial charge is 0.390 e. The third-order valence-corrected chi connectivity index (χ3v) is 31.6. The number of alkyl halides is 3. The molecule has 2 aromatic heterocycles. The van der Waals surface area contributed by atoms with Crippen LogP contribution in [0.1, 0.15) is 232 Å². The number of aliphatic hydroxyl groups is 3. The molecule has 0 aliphatic heterocycles. The first-order chi connectivity index (χ1) is 69.0. The number of aliphatic hydroxyl groups excluding tert-OH is 3. The van der Waals surface area contributed by atoms with Gasteiger partial charge in [0.05, 0.1) is 68.6 Å². The summed E-state index contributed by atoms with van der Waals surface area (Å²) >= 11 is 0. The number of hydrogen-bond donors (Lipinski definition) is 10. The molecule has 6 amide bonds. The van der Waals surface area contributed by atoms with Crippen molar-refractivity contribution >= 4 is 65.0 Å². The van der Waals surface area contributed by atoms with Crippen LogP contribution in [0.5, 0.6) is 0 Å². The fourth-order valence-corrected chi connectivity index (χ4v) is 23.6. The highest BCUT2D eigenvalue weighted by Crippen LogP contribution is 2.32. The van der Waals surface area contributed by atoms with Crippen LogP contribution in [0.4, 0.5) is 43.9 Å². The minimum atomic E-state index is -5.01. The largest absolute Gasteiger partial charge is 0.433 e. The number of carbonyl (C=O) groups is 6. The van der Waals surface area contributed by atoms with Gasteiger partial charge in [0.2, 0.25) is 17.7 Å². The number of aromatic amines is 1. The van der Waals surface area contributed by atoms with E-state index in [2.05, 4.69) is 26.0 Å². The Morgan fingerprint density at radius 1 is 0.370 bits per heavy atom. The predicted molar refractivity (Wildman–Crippen MR) is 541 cm³/mol. The molecule has 13 N–H and O–H groups in total. The van der Waals surface area contributed by atoms with E-state index in [1.807, 2.05) is 97.0 Å². The summed E-state index contributed by atoms with van der Waals surface area (Å²) in [5.74, 6) is -13.3. The van der Waals surface area contributed by atoms with Crippen molar-refractivity contribution < 1.29 is 113 Å². The zero-order valence-electron chi connectivity index (χ0n) is 84.0. The standard InChI is InChI=1S/C36H46F3N3O5S.C36H48F2N4O5S.C34H44F5N5O5S/c1-4-9-31(10-5-2)48(46,47)23-33(41-35(44)27-13-8-14-28(37)19-27)36(45)42(21-25-12-7-11-24(6-3)15-25)22-34(43)32(40)18-26-16-29(38)20-30(39)17-26;1-5-9-31(10-6-2)48(46,47)23-33(41-35(44)28-13-24(4)19-40-20-28)36(45)42(21-26-12-8-11-25(7-3)14-26)22-34(43)32(39)17-27-15-29(37)18-30(38)16-27;1-4-8-26(9-5-2)50(48,49)20-29(42-32(46)27-17-41-43-31(27)34(37,38)39)33(47)44(18-22-11-7-10-21(6-3)12-22)19-30(45)28(40)15-23-13-24(35)16-25(36)14-23/h7-8,11-17,19-20,31-34,43H,4-6,9-10,18,21-23,40H2,1-3H3,(H,41,44);8,11-16,18-20,31-34,43H,5-7,9-10,17,21-23,39H2,1-4H3,(H,41,44);7,10-14,16-17,26,28-30,45H,4-6,8-9,15,18-20,40H2,1-3H3,(H,41,43)(H,42,46)/t2*32-,33+,34+;28-,29+,30+/m000/s1. The molecular weight excluding hydrogens is 1970 g/mol. The lowest BCUT2D eigenvalue weighted by Gasteiger charge is -2.32. The Morgan fingerprint density at radius 2 is 0.664 bits per heavy atom. The zero-order valence-corrected chi connectivity index (χ0v) is 86.4. The number of aromatic nitrogens is 3. The first-order valence-electron chi connectivity index (χ1n) is 49.1. The molecule has 9 atom stereocenters. The van der Waals surface area contributed by atoms with Crippen molar-refractivity contribution in [1.82, 2.24) is 45.8 Å². The molecule has 0 saturated carbocycles. The van der Waals surface area contributed by atoms with Crippen LogP contribution < -0.4 is 33.2 Å². The highest BCUT2D eigenvalue weighted by molar-refractivity contribution is 7.92. The SMILES string of the molecule is CCCC(CCC)S(=O)(=O)C[C@@H](NC(=O)c1cccc(F)c1)C(=O)N(Cc1cccc(CC)c1)C[C@@H](O)[C@@H](N)Cc1cc(F)cc(F)c1.CCCC(CCC)S(=O)(=O)C[C@@H](NC(=O)c1cn[nH]c1C(F)(F)F)C(=O)N(Cc1cccc(CC)c1)C[C@@H](O)[C@@H](N)Cc1cc(F)cc(F)c1.CCCC(CCC)S(=O)(=O)C[C@@H](NC(=O)c1cncc(C)c1)C(=O)N(Cc1cccc(CC)c1)C[C@@H](O)[C@@H](N)Cc1cc(F)cc(F)c1. The summed E-state index contributed by atoms with van der Waals surface area (Å²) in [4.78, 5) is 90.8. The number of H-pyrrole nitrogens is 1. The van der Waals surface area contributed by atoms with E-state index in [4.69, 9.17) is 17.2 Å². The topological polar surface area (TPSA) is 431 Å². The molecule has 800 valence electrons. The maximum absolute atomic E-state index is 14.4. The van der Waals surface area contributed by atoms with Gasteiger partial charge in [0, 0.05) is 93.6 Å². The highest BCUT2D eigenvalue weighted by Gasteiger charge is 2.43. The molecule has 0 aliphatic rings. The van der Waals surface area contributed by atoms with Crippen molar-refractivity contribution in [2.24, 2.45) is 17.2 Å². The molecule has 7 aromatic carbocycles. The summed E-state index contributed by atoms with van der Waals surface area (Å²) in [7, 11) is -11.9. The van der Waals surface area contributed by atoms with Gasteiger partial charge < -0.3 is 63.2 Å². The number of halogens is 10. The number of hydrogen-bond acceptors (Lipinski definition) is 20. The first kappa shape index (κ1) is 122. The Kier molecular flexibility index (Phi) is 48.6. The molecule has 0 saturated heterocycles. The Bertz CT molecular complexity index is 5810. The maximum Gasteiger partial charge on any atom is 0.433 e. The molecule has 0 aliphatic carbocycles. The van der Waals surface area contributed by atoms with Crippen molar-refractivity contribution in [2.45, 2.75) is 281 Å². The fraction of sp³-hybridized carbons (Fsp3) is 0.472. The average Bonchev–Trinajstić information content (AvgIpc) is 1.52. The van der Waals surface area contributed by atoms with Crippen LogP contribution in [0.3, 0.4) is 0 Å². The minimum Gasteiger partial charge on any atom is -0.390 e. The number of nitrogens with two attached hydrogens (primary N) is 3. The number of nitrogens with zero attached hydrogens (tertiary/aromatic N) is 5. The second-order valence-corrected chi connectivity index (χ2v) is 43.9. The molecular formula is C106H138F10N12O15S3. The third-order valence-electron chi connectivity index (χ3n) is 24.7. The molecule has 27 nitrogen and oxygen atoms in total. The number of nitrogens with one attached hydrogen (secondary N) is 4. The van der Waals surface area contributed by atoms with Gasteiger partial charge in [-0.25, -0.2) is 56.0 Å². The summed E-state index contributed by atoms with van der Waals surface area (Å²) in [5, 5.41) is 43.7. The lowest BCUT2D eigenvalue weighted by molar-refractivity contribution is -0.141. The Morgan fingerprint density at radius 3 is 0.952 bits per heavy atom. The van der Waals surface area contributed by atoms with E-state index >= 15 is 0 Å². The number of sulfone groups is 3. The number of benzene rings is 7. The normalized spacial score (nSPS) is 13.7. The Hall–Kier alpha value is -11.4. The molecule has 0 spiro atoms. The van der Waals surface area contributed by atoms with Crippen molar-refractivity contribution in [3.05, 3.63) is 295 Å². The van der Waals surface area contributed by atoms with Gasteiger partial charge in [0.25, 0.3) is 17.7 Å². The van der Waals surface area contributed by atoms with Gasteiger partial charge in [-0.3, -0.25) is 38.8 Å². The summed E-state index contributed by atoms with van der Waals surface area (Å²) in [6.07, 6.45) is 1.42. The first-order valence-corrected chi connectivity index (χ1v) is 54.3. The van der Waals surface area contributed by atoms with Crippen LogP contribution in [-0.4, -0.2) is 213 Å². The van der Waals surface area contributed by atoms with E-state index < -0.39 is 217 Å². The van der Waals surface area contributed by atoms with Gasteiger partial charge >= 0.3 is 6.18 Å². The highest BCUT2D eigenvalue weighted by atomic mass is 32.2. The van der Waals surface area contributed by atoms with E-state index in [1.54, 1.807) is 62.4 Å². The zero-order chi connectivity index (χ0) is 108. The lowest BCUT2D eigenvalue weighted by Crippen LogP contribution is -2.55. The van der Waals surface area contributed by atoms with Gasteiger partial charge in [0.15, 0.2) is 35.2 Å². The number of rotatable bonds is 54. The molecule has 146 heavy (non-hydrogen) atoms. The van der Waals surface area contributed by atoms with Crippen LogP contribution in [0, 0.1) is 47.6 Å². The van der Waals surface area contributed by atoms with E-state index in [-0.39, 0.29) is 92.6 Å². The molecule has 9 aromatic rings. The average molecular weight is 2110 g/mol. The van der Waals surface area contributed by atoms with Gasteiger partial charge in [-0.15, -0.1) is 0 Å². The Balaban J connectivity index is 0.000000297. The Labute approximate surface area is 849 Å². The maximum atomic E-state index is 14.4. The van der Waals surface area contributed by atoms with E-state index in [1.165, 1.54) is 28.1 Å². The van der Waals surface area contributed by atoms with E-state index in [9.17, 15) is 113 Å². The number of aryl methyl sites for hydroxylation is 4. The van der Waals surface area contributed by atoms with Gasteiger partial charge in [0.1, 0.15) is 58.8 Å². The van der Waals surface area contributed by atoms with Crippen LogP contribution >= 0.6 is 0 Å². The minimum absolute atomic E-state index is 0.0170.